The Bertz CT molecular complexity index is 731. The maximum Gasteiger partial charge on any atom is 0.356 e. The Hall–Kier alpha value is -2.61. The molecule has 0 amide bonds. The highest BCUT2D eigenvalue weighted by molar-refractivity contribution is 5.84. The molecule has 2 heterocycles. The molecule has 1 saturated heterocycles. The Balaban J connectivity index is 1.59. The van der Waals surface area contributed by atoms with Gasteiger partial charge in [0.1, 0.15) is 11.6 Å². The van der Waals surface area contributed by atoms with E-state index in [0.717, 1.165) is 12.1 Å². The number of piperazine rings is 1. The van der Waals surface area contributed by atoms with Crippen molar-refractivity contribution in [2.45, 2.75) is 6.54 Å². The third-order valence-electron chi connectivity index (χ3n) is 3.93. The maximum absolute atomic E-state index is 13.8. The average molecular weight is 334 g/mol. The van der Waals surface area contributed by atoms with Crippen molar-refractivity contribution in [3.8, 4) is 0 Å². The number of carboxylic acid groups (broad SMARTS) is 1. The van der Waals surface area contributed by atoms with Crippen molar-refractivity contribution >= 4 is 11.7 Å². The zero-order valence-corrected chi connectivity index (χ0v) is 12.8. The Labute approximate surface area is 137 Å². The Morgan fingerprint density at radius 2 is 1.88 bits per heavy atom. The van der Waals surface area contributed by atoms with Crippen LogP contribution in [0.2, 0.25) is 0 Å². The lowest BCUT2D eigenvalue weighted by atomic mass is 10.2. The monoisotopic (exact) mass is 334 g/mol. The molecule has 2 aromatic rings. The molecule has 1 aromatic carbocycles. The van der Waals surface area contributed by atoms with Crippen molar-refractivity contribution in [1.82, 2.24) is 14.9 Å². The quantitative estimate of drug-likeness (QED) is 0.919. The fourth-order valence-corrected chi connectivity index (χ4v) is 2.65. The average Bonchev–Trinajstić information content (AvgIpc) is 2.58. The summed E-state index contributed by atoms with van der Waals surface area (Å²) < 4.78 is 27.1. The van der Waals surface area contributed by atoms with E-state index in [9.17, 15) is 13.6 Å². The van der Waals surface area contributed by atoms with Gasteiger partial charge < -0.3 is 10.0 Å². The lowest BCUT2D eigenvalue weighted by Crippen LogP contribution is -2.46. The SMILES string of the molecule is O=C(O)c1cnc(CN2CCN(c3cc(F)ccc3F)CC2)cn1. The van der Waals surface area contributed by atoms with Crippen LogP contribution in [0.3, 0.4) is 0 Å². The fourth-order valence-electron chi connectivity index (χ4n) is 2.65. The van der Waals surface area contributed by atoms with E-state index in [2.05, 4.69) is 14.9 Å². The van der Waals surface area contributed by atoms with E-state index in [-0.39, 0.29) is 11.4 Å². The number of hydrogen-bond acceptors (Lipinski definition) is 5. The van der Waals surface area contributed by atoms with Crippen molar-refractivity contribution < 1.29 is 18.7 Å². The summed E-state index contributed by atoms with van der Waals surface area (Å²) in [6.45, 7) is 3.00. The number of halogens is 2. The molecule has 0 saturated carbocycles. The summed E-state index contributed by atoms with van der Waals surface area (Å²) in [6.07, 6.45) is 2.68. The molecule has 1 aromatic heterocycles. The van der Waals surface area contributed by atoms with Crippen molar-refractivity contribution in [2.24, 2.45) is 0 Å². The van der Waals surface area contributed by atoms with Crippen molar-refractivity contribution in [2.75, 3.05) is 31.1 Å². The van der Waals surface area contributed by atoms with Crippen LogP contribution in [0, 0.1) is 11.6 Å². The number of rotatable bonds is 4. The number of nitrogens with zero attached hydrogens (tertiary/aromatic N) is 4. The van der Waals surface area contributed by atoms with Crippen LogP contribution in [0.1, 0.15) is 16.2 Å². The van der Waals surface area contributed by atoms with Crippen LogP contribution in [0.15, 0.2) is 30.6 Å². The second kappa shape index (κ2) is 6.88. The standard InChI is InChI=1S/C16H16F2N4O2/c17-11-1-2-13(18)15(7-11)22-5-3-21(4-6-22)10-12-8-20-14(9-19-12)16(23)24/h1-2,7-9H,3-6,10H2,(H,23,24). The summed E-state index contributed by atoms with van der Waals surface area (Å²) in [5.41, 5.74) is 0.857. The summed E-state index contributed by atoms with van der Waals surface area (Å²) in [5.74, 6) is -2.00. The molecule has 6 nitrogen and oxygen atoms in total. The summed E-state index contributed by atoms with van der Waals surface area (Å²) in [4.78, 5) is 22.6. The van der Waals surface area contributed by atoms with Crippen LogP contribution in [0.25, 0.3) is 0 Å². The van der Waals surface area contributed by atoms with Crippen LogP contribution >= 0.6 is 0 Å². The van der Waals surface area contributed by atoms with E-state index in [4.69, 9.17) is 5.11 Å². The van der Waals surface area contributed by atoms with Crippen molar-refractivity contribution in [1.29, 1.82) is 0 Å². The molecule has 0 aliphatic carbocycles. The normalized spacial score (nSPS) is 15.5. The predicted molar refractivity (Wildman–Crippen MR) is 82.8 cm³/mol. The summed E-state index contributed by atoms with van der Waals surface area (Å²) in [7, 11) is 0. The Kier molecular flexibility index (Phi) is 4.66. The molecular weight excluding hydrogens is 318 g/mol. The van der Waals surface area contributed by atoms with E-state index in [1.54, 1.807) is 0 Å². The topological polar surface area (TPSA) is 69.6 Å². The lowest BCUT2D eigenvalue weighted by molar-refractivity contribution is 0.0690. The summed E-state index contributed by atoms with van der Waals surface area (Å²) >= 11 is 0. The van der Waals surface area contributed by atoms with E-state index in [1.165, 1.54) is 18.5 Å². The van der Waals surface area contributed by atoms with Gasteiger partial charge in [0.2, 0.25) is 0 Å². The predicted octanol–water partition coefficient (Wildman–Crippen LogP) is 1.78. The van der Waals surface area contributed by atoms with Gasteiger partial charge in [0, 0.05) is 38.8 Å². The van der Waals surface area contributed by atoms with Gasteiger partial charge in [-0.05, 0) is 12.1 Å². The van der Waals surface area contributed by atoms with E-state index < -0.39 is 17.6 Å². The molecule has 0 atom stereocenters. The molecular formula is C16H16F2N4O2. The summed E-state index contributed by atoms with van der Waals surface area (Å²) in [6, 6.07) is 3.45. The highest BCUT2D eigenvalue weighted by Crippen LogP contribution is 2.22. The first-order chi connectivity index (χ1) is 11.5. The molecule has 126 valence electrons. The van der Waals surface area contributed by atoms with Gasteiger partial charge >= 0.3 is 5.97 Å². The van der Waals surface area contributed by atoms with Crippen LogP contribution < -0.4 is 4.90 Å². The van der Waals surface area contributed by atoms with Gasteiger partial charge in [0.15, 0.2) is 5.69 Å². The highest BCUT2D eigenvalue weighted by Gasteiger charge is 2.20. The number of hydrogen-bond donors (Lipinski definition) is 1. The molecule has 0 unspecified atom stereocenters. The first-order valence-corrected chi connectivity index (χ1v) is 7.49. The van der Waals surface area contributed by atoms with Gasteiger partial charge in [-0.2, -0.15) is 0 Å². The Morgan fingerprint density at radius 1 is 1.12 bits per heavy atom. The van der Waals surface area contributed by atoms with Crippen LogP contribution in [-0.2, 0) is 6.54 Å². The summed E-state index contributed by atoms with van der Waals surface area (Å²) in [5, 5.41) is 8.80. The van der Waals surface area contributed by atoms with Crippen molar-refractivity contribution in [3.63, 3.8) is 0 Å². The molecule has 1 fully saturated rings. The van der Waals surface area contributed by atoms with Gasteiger partial charge in [-0.3, -0.25) is 9.88 Å². The maximum atomic E-state index is 13.8. The largest absolute Gasteiger partial charge is 0.476 e. The van der Waals surface area contributed by atoms with Crippen LogP contribution in [-0.4, -0.2) is 52.1 Å². The molecule has 0 bridgehead atoms. The smallest absolute Gasteiger partial charge is 0.356 e. The molecule has 8 heteroatoms. The van der Waals surface area contributed by atoms with E-state index >= 15 is 0 Å². The molecule has 24 heavy (non-hydrogen) atoms. The fraction of sp³-hybridized carbons (Fsp3) is 0.312. The Morgan fingerprint density at radius 3 is 2.50 bits per heavy atom. The lowest BCUT2D eigenvalue weighted by Gasteiger charge is -2.36. The molecule has 0 radical (unpaired) electrons. The second-order valence-corrected chi connectivity index (χ2v) is 5.56. The second-order valence-electron chi connectivity index (χ2n) is 5.56. The minimum absolute atomic E-state index is 0.0925. The van der Waals surface area contributed by atoms with E-state index in [1.807, 2.05) is 4.90 Å². The van der Waals surface area contributed by atoms with Gasteiger partial charge in [-0.15, -0.1) is 0 Å². The molecule has 1 aliphatic heterocycles. The van der Waals surface area contributed by atoms with E-state index in [0.29, 0.717) is 38.4 Å². The first-order valence-electron chi connectivity index (χ1n) is 7.49. The third kappa shape index (κ3) is 3.65. The number of carboxylic acids is 1. The minimum Gasteiger partial charge on any atom is -0.476 e. The van der Waals surface area contributed by atoms with Gasteiger partial charge in [0.05, 0.1) is 23.8 Å². The number of carbonyl (C=O) groups is 1. The zero-order valence-electron chi connectivity index (χ0n) is 12.8. The number of aromatic carboxylic acids is 1. The number of benzene rings is 1. The minimum atomic E-state index is -1.11. The molecule has 3 rings (SSSR count). The highest BCUT2D eigenvalue weighted by atomic mass is 19.1. The molecule has 1 N–H and O–H groups in total. The van der Waals surface area contributed by atoms with Crippen LogP contribution in [0.5, 0.6) is 0 Å². The molecule has 0 spiro atoms. The van der Waals surface area contributed by atoms with Gasteiger partial charge in [0.25, 0.3) is 0 Å². The number of aromatic nitrogens is 2. The van der Waals surface area contributed by atoms with Crippen LogP contribution in [0.4, 0.5) is 14.5 Å². The first kappa shape index (κ1) is 16.3. The number of anilines is 1. The zero-order chi connectivity index (χ0) is 17.1. The molecule has 1 aliphatic rings. The van der Waals surface area contributed by atoms with Gasteiger partial charge in [-0.25, -0.2) is 18.6 Å². The van der Waals surface area contributed by atoms with Crippen molar-refractivity contribution in [3.05, 3.63) is 53.6 Å². The third-order valence-corrected chi connectivity index (χ3v) is 3.93. The van der Waals surface area contributed by atoms with Gasteiger partial charge in [-0.1, -0.05) is 0 Å².